The van der Waals surface area contributed by atoms with Gasteiger partial charge in [-0.05, 0) is 37.6 Å². The van der Waals surface area contributed by atoms with Crippen molar-refractivity contribution in [2.75, 3.05) is 17.3 Å². The maximum atomic E-state index is 12.8. The Morgan fingerprint density at radius 2 is 1.67 bits per heavy atom. The minimum atomic E-state index is -0.523. The van der Waals surface area contributed by atoms with Crippen molar-refractivity contribution >= 4 is 34.9 Å². The van der Waals surface area contributed by atoms with Gasteiger partial charge in [-0.2, -0.15) is 0 Å². The summed E-state index contributed by atoms with van der Waals surface area (Å²) in [4.78, 5) is 49.9. The molecule has 0 radical (unpaired) electrons. The first-order valence-electron chi connectivity index (χ1n) is 8.29. The van der Waals surface area contributed by atoms with E-state index in [-0.39, 0.29) is 23.6 Å². The summed E-state index contributed by atoms with van der Waals surface area (Å²) in [6, 6.07) is 9.65. The molecule has 0 fully saturated rings. The van der Waals surface area contributed by atoms with Gasteiger partial charge in [-0.1, -0.05) is 12.1 Å². The quantitative estimate of drug-likeness (QED) is 0.649. The van der Waals surface area contributed by atoms with Crippen molar-refractivity contribution in [2.45, 2.75) is 20.3 Å². The van der Waals surface area contributed by atoms with Crippen molar-refractivity contribution in [3.05, 3.63) is 53.1 Å². The highest BCUT2D eigenvalue weighted by molar-refractivity contribution is 6.35. The number of Topliss-reactive ketones (excluding diaryl/α,β-unsaturated/α-hetero) is 1. The minimum absolute atomic E-state index is 0.195. The molecule has 0 unspecified atom stereocenters. The third-order valence-corrected chi connectivity index (χ3v) is 4.23. The van der Waals surface area contributed by atoms with Crippen LogP contribution in [0.3, 0.4) is 0 Å². The monoisotopic (exact) mass is 366 g/mol. The number of carbonyl (C=O) groups excluding carboxylic acids is 4. The third kappa shape index (κ3) is 3.31. The number of ether oxygens (including phenoxy) is 1. The highest BCUT2D eigenvalue weighted by Crippen LogP contribution is 2.38. The van der Waals surface area contributed by atoms with E-state index in [1.165, 1.54) is 20.1 Å². The maximum absolute atomic E-state index is 12.8. The van der Waals surface area contributed by atoms with Gasteiger partial charge >= 0.3 is 0 Å². The van der Waals surface area contributed by atoms with Gasteiger partial charge in [0.25, 0.3) is 11.8 Å². The van der Waals surface area contributed by atoms with Gasteiger partial charge < -0.3 is 10.1 Å². The van der Waals surface area contributed by atoms with Gasteiger partial charge in [-0.3, -0.25) is 19.2 Å². The number of amides is 3. The molecular formula is C20H18N2O5. The van der Waals surface area contributed by atoms with Crippen LogP contribution in [0.1, 0.15) is 39.6 Å². The predicted octanol–water partition coefficient (Wildman–Crippen LogP) is 2.72. The van der Waals surface area contributed by atoms with Crippen LogP contribution >= 0.6 is 0 Å². The molecule has 2 aromatic rings. The van der Waals surface area contributed by atoms with Gasteiger partial charge in [-0.15, -0.1) is 0 Å². The van der Waals surface area contributed by atoms with E-state index in [1.807, 2.05) is 0 Å². The second-order valence-electron chi connectivity index (χ2n) is 6.26. The first-order valence-corrected chi connectivity index (χ1v) is 8.29. The van der Waals surface area contributed by atoms with E-state index in [0.29, 0.717) is 22.4 Å². The van der Waals surface area contributed by atoms with Gasteiger partial charge in [0.1, 0.15) is 11.5 Å². The number of nitrogens with zero attached hydrogens (tertiary/aromatic N) is 1. The number of carbonyl (C=O) groups is 4. The van der Waals surface area contributed by atoms with Crippen molar-refractivity contribution in [1.29, 1.82) is 0 Å². The molecule has 0 aliphatic carbocycles. The molecule has 138 valence electrons. The van der Waals surface area contributed by atoms with Crippen LogP contribution in [0.5, 0.6) is 5.75 Å². The van der Waals surface area contributed by atoms with E-state index in [9.17, 15) is 19.2 Å². The standard InChI is InChI=1S/C20H18N2O5/c1-11-8-15(21-18(24)9-12(2)23)16(10-17(11)27-3)22-19(25)13-6-4-5-7-14(13)20(22)26/h4-8,10H,9H2,1-3H3,(H,21,24). The fraction of sp³-hybridized carbons (Fsp3) is 0.200. The number of methoxy groups -OCH3 is 1. The highest BCUT2D eigenvalue weighted by Gasteiger charge is 2.38. The van der Waals surface area contributed by atoms with E-state index in [1.54, 1.807) is 37.3 Å². The molecule has 0 atom stereocenters. The molecule has 1 aliphatic heterocycles. The third-order valence-electron chi connectivity index (χ3n) is 4.23. The van der Waals surface area contributed by atoms with Gasteiger partial charge in [-0.25, -0.2) is 4.90 Å². The Morgan fingerprint density at radius 3 is 2.19 bits per heavy atom. The van der Waals surface area contributed by atoms with E-state index >= 15 is 0 Å². The van der Waals surface area contributed by atoms with Gasteiger partial charge in [0.05, 0.1) is 36.0 Å². The number of imide groups is 1. The number of fused-ring (bicyclic) bond motifs is 1. The number of nitrogens with one attached hydrogen (secondary N) is 1. The number of hydrogen-bond acceptors (Lipinski definition) is 5. The summed E-state index contributed by atoms with van der Waals surface area (Å²) < 4.78 is 5.30. The van der Waals surface area contributed by atoms with Gasteiger partial charge in [0, 0.05) is 6.07 Å². The zero-order chi connectivity index (χ0) is 19.7. The average Bonchev–Trinajstić information content (AvgIpc) is 2.86. The van der Waals surface area contributed by atoms with Crippen molar-refractivity contribution in [1.82, 2.24) is 0 Å². The summed E-state index contributed by atoms with van der Waals surface area (Å²) in [6.07, 6.45) is -0.299. The molecule has 1 N–H and O–H groups in total. The lowest BCUT2D eigenvalue weighted by Gasteiger charge is -2.20. The molecule has 0 saturated carbocycles. The summed E-state index contributed by atoms with van der Waals surface area (Å²) in [5, 5.41) is 2.62. The van der Waals surface area contributed by atoms with Crippen molar-refractivity contribution in [3.63, 3.8) is 0 Å². The van der Waals surface area contributed by atoms with Gasteiger partial charge in [0.2, 0.25) is 5.91 Å². The van der Waals surface area contributed by atoms with Crippen LogP contribution in [0.2, 0.25) is 0 Å². The molecule has 0 spiro atoms. The van der Waals surface area contributed by atoms with E-state index in [0.717, 1.165) is 4.90 Å². The highest BCUT2D eigenvalue weighted by atomic mass is 16.5. The van der Waals surface area contributed by atoms with Crippen molar-refractivity contribution in [2.24, 2.45) is 0 Å². The number of aryl methyl sites for hydroxylation is 1. The first-order chi connectivity index (χ1) is 12.8. The fourth-order valence-corrected chi connectivity index (χ4v) is 3.01. The predicted molar refractivity (Wildman–Crippen MR) is 99.2 cm³/mol. The summed E-state index contributed by atoms with van der Waals surface area (Å²) >= 11 is 0. The summed E-state index contributed by atoms with van der Waals surface area (Å²) in [6.45, 7) is 3.08. The molecular weight excluding hydrogens is 348 g/mol. The normalized spacial score (nSPS) is 12.8. The number of benzene rings is 2. The fourth-order valence-electron chi connectivity index (χ4n) is 3.01. The molecule has 3 amide bonds. The molecule has 0 aromatic heterocycles. The molecule has 3 rings (SSSR count). The lowest BCUT2D eigenvalue weighted by Crippen LogP contribution is -2.31. The molecule has 1 aliphatic rings. The number of anilines is 2. The Balaban J connectivity index is 2.09. The molecule has 0 bridgehead atoms. The van der Waals surface area contributed by atoms with Crippen molar-refractivity contribution < 1.29 is 23.9 Å². The Morgan fingerprint density at radius 1 is 1.07 bits per heavy atom. The van der Waals surface area contributed by atoms with Crippen LogP contribution in [0.25, 0.3) is 0 Å². The van der Waals surface area contributed by atoms with Crippen LogP contribution in [0.4, 0.5) is 11.4 Å². The van der Waals surface area contributed by atoms with Crippen LogP contribution in [-0.2, 0) is 9.59 Å². The van der Waals surface area contributed by atoms with E-state index in [4.69, 9.17) is 4.74 Å². The Labute approximate surface area is 155 Å². The zero-order valence-electron chi connectivity index (χ0n) is 15.2. The van der Waals surface area contributed by atoms with Crippen LogP contribution < -0.4 is 15.0 Å². The SMILES string of the molecule is COc1cc(N2C(=O)c3ccccc3C2=O)c(NC(=O)CC(C)=O)cc1C. The number of ketones is 1. The molecule has 7 nitrogen and oxygen atoms in total. The first kappa shape index (κ1) is 18.3. The topological polar surface area (TPSA) is 92.8 Å². The Bertz CT molecular complexity index is 945. The lowest BCUT2D eigenvalue weighted by atomic mass is 10.1. The van der Waals surface area contributed by atoms with Gasteiger partial charge in [0.15, 0.2) is 0 Å². The van der Waals surface area contributed by atoms with Crippen molar-refractivity contribution in [3.8, 4) is 5.75 Å². The lowest BCUT2D eigenvalue weighted by molar-refractivity contribution is -0.124. The van der Waals surface area contributed by atoms with Crippen LogP contribution in [-0.4, -0.2) is 30.6 Å². The van der Waals surface area contributed by atoms with Crippen LogP contribution in [0, 0.1) is 6.92 Å². The zero-order valence-corrected chi connectivity index (χ0v) is 15.2. The summed E-state index contributed by atoms with van der Waals surface area (Å²) in [5.41, 5.74) is 1.75. The molecule has 2 aromatic carbocycles. The molecule has 27 heavy (non-hydrogen) atoms. The summed E-state index contributed by atoms with van der Waals surface area (Å²) in [7, 11) is 1.47. The smallest absolute Gasteiger partial charge is 0.266 e. The van der Waals surface area contributed by atoms with Crippen LogP contribution in [0.15, 0.2) is 36.4 Å². The largest absolute Gasteiger partial charge is 0.496 e. The minimum Gasteiger partial charge on any atom is -0.496 e. The number of hydrogen-bond donors (Lipinski definition) is 1. The van der Waals surface area contributed by atoms with E-state index in [2.05, 4.69) is 5.32 Å². The maximum Gasteiger partial charge on any atom is 0.266 e. The Hall–Kier alpha value is -3.48. The van der Waals surface area contributed by atoms with E-state index < -0.39 is 17.7 Å². The molecule has 0 saturated heterocycles. The average molecular weight is 366 g/mol. The molecule has 7 heteroatoms. The second-order valence-corrected chi connectivity index (χ2v) is 6.26. The molecule has 1 heterocycles. The number of rotatable bonds is 5. The second kappa shape index (κ2) is 7.03. The summed E-state index contributed by atoms with van der Waals surface area (Å²) in [5.74, 6) is -1.32. The Kier molecular flexibility index (Phi) is 4.77.